The highest BCUT2D eigenvalue weighted by Crippen LogP contribution is 2.40. The first-order chi connectivity index (χ1) is 13.5. The van der Waals surface area contributed by atoms with E-state index in [0.29, 0.717) is 23.0 Å². The van der Waals surface area contributed by atoms with Crippen molar-refractivity contribution in [2.24, 2.45) is 5.92 Å². The molecule has 2 aliphatic rings. The highest BCUT2D eigenvalue weighted by Gasteiger charge is 2.27. The molecule has 2 unspecified atom stereocenters. The summed E-state index contributed by atoms with van der Waals surface area (Å²) in [4.78, 5) is 0. The molecule has 0 spiro atoms. The van der Waals surface area contributed by atoms with E-state index in [1.165, 1.54) is 11.1 Å². The minimum Gasteiger partial charge on any atom is -0.203 e. The lowest BCUT2D eigenvalue weighted by Gasteiger charge is -2.28. The Morgan fingerprint density at radius 2 is 1.25 bits per heavy atom. The molecule has 4 rings (SSSR count). The first-order valence-electron chi connectivity index (χ1n) is 10.8. The smallest absolute Gasteiger partial charge is 0.162 e. The zero-order valence-electron chi connectivity index (χ0n) is 16.9. The normalized spacial score (nSPS) is 27.7. The largest absolute Gasteiger partial charge is 0.203 e. The van der Waals surface area contributed by atoms with Gasteiger partial charge in [-0.05, 0) is 61.1 Å². The van der Waals surface area contributed by atoms with Gasteiger partial charge >= 0.3 is 0 Å². The summed E-state index contributed by atoms with van der Waals surface area (Å²) in [7, 11) is 0. The lowest BCUT2D eigenvalue weighted by Crippen LogP contribution is -2.14. The monoisotopic (exact) mass is 380 g/mol. The van der Waals surface area contributed by atoms with Crippen molar-refractivity contribution in [3.8, 4) is 0 Å². The number of halogens is 2. The van der Waals surface area contributed by atoms with Crippen molar-refractivity contribution in [2.75, 3.05) is 0 Å². The van der Waals surface area contributed by atoms with Crippen LogP contribution in [-0.4, -0.2) is 0 Å². The van der Waals surface area contributed by atoms with Crippen molar-refractivity contribution >= 4 is 0 Å². The van der Waals surface area contributed by atoms with Gasteiger partial charge in [0.1, 0.15) is 0 Å². The van der Waals surface area contributed by atoms with Crippen LogP contribution in [0.15, 0.2) is 48.6 Å². The second-order valence-electron chi connectivity index (χ2n) is 8.91. The van der Waals surface area contributed by atoms with Gasteiger partial charge < -0.3 is 0 Å². The third kappa shape index (κ3) is 3.92. The van der Waals surface area contributed by atoms with E-state index in [9.17, 15) is 8.78 Å². The topological polar surface area (TPSA) is 0 Å². The summed E-state index contributed by atoms with van der Waals surface area (Å²) in [5.41, 5.74) is 3.66. The van der Waals surface area contributed by atoms with E-state index in [1.54, 1.807) is 0 Å². The molecule has 2 aromatic carbocycles. The zero-order valence-corrected chi connectivity index (χ0v) is 16.9. The molecule has 2 aromatic rings. The second kappa shape index (κ2) is 8.19. The van der Waals surface area contributed by atoms with Crippen molar-refractivity contribution in [1.82, 2.24) is 0 Å². The number of rotatable bonds is 3. The summed E-state index contributed by atoms with van der Waals surface area (Å²) >= 11 is 0. The first-order valence-corrected chi connectivity index (χ1v) is 10.8. The molecule has 2 atom stereocenters. The molecule has 28 heavy (non-hydrogen) atoms. The second-order valence-corrected chi connectivity index (χ2v) is 8.91. The van der Waals surface area contributed by atoms with Crippen molar-refractivity contribution in [3.05, 3.63) is 82.4 Å². The average molecular weight is 381 g/mol. The third-order valence-electron chi connectivity index (χ3n) is 6.87. The Morgan fingerprint density at radius 1 is 0.679 bits per heavy atom. The number of aryl methyl sites for hydroxylation is 1. The van der Waals surface area contributed by atoms with Crippen molar-refractivity contribution < 1.29 is 8.78 Å². The van der Waals surface area contributed by atoms with Crippen molar-refractivity contribution in [3.63, 3.8) is 0 Å². The first kappa shape index (κ1) is 19.4. The van der Waals surface area contributed by atoms with Gasteiger partial charge in [-0.15, -0.1) is 0 Å². The van der Waals surface area contributed by atoms with E-state index >= 15 is 0 Å². The van der Waals surface area contributed by atoms with Gasteiger partial charge in [0.15, 0.2) is 11.6 Å². The Kier molecular flexibility index (Phi) is 5.66. The van der Waals surface area contributed by atoms with E-state index in [2.05, 4.69) is 50.3 Å². The summed E-state index contributed by atoms with van der Waals surface area (Å²) in [6.45, 7) is 4.33. The Labute approximate surface area is 167 Å². The van der Waals surface area contributed by atoms with Crippen LogP contribution in [0.3, 0.4) is 0 Å². The molecule has 0 saturated heterocycles. The molecular weight excluding hydrogens is 350 g/mol. The quantitative estimate of drug-likeness (QED) is 0.477. The average Bonchev–Trinajstić information content (AvgIpc) is 2.72. The minimum absolute atomic E-state index is 0.0309. The SMILES string of the molecule is Cc1ccc(C2C=CC(c3ccc(C4CCC(C)CC4)c(F)c3F)CC2)cc1. The standard InChI is InChI=1S/C26H30F2/c1-17-3-7-19(8-4-17)20-11-13-22(14-12-20)24-16-15-23(25(27)26(24)28)21-9-5-18(2)6-10-21/h3-4,7-8,11,13,15-16,18,20-22H,5-6,9-10,12,14H2,1-2H3. The van der Waals surface area contributed by atoms with Crippen LogP contribution < -0.4 is 0 Å². The molecule has 148 valence electrons. The predicted octanol–water partition coefficient (Wildman–Crippen LogP) is 7.78. The maximum absolute atomic E-state index is 14.9. The van der Waals surface area contributed by atoms with Gasteiger partial charge in [0.2, 0.25) is 0 Å². The third-order valence-corrected chi connectivity index (χ3v) is 6.87. The Hall–Kier alpha value is -1.96. The summed E-state index contributed by atoms with van der Waals surface area (Å²) in [5, 5.41) is 0. The summed E-state index contributed by atoms with van der Waals surface area (Å²) in [6, 6.07) is 12.3. The van der Waals surface area contributed by atoms with Crippen LogP contribution in [0, 0.1) is 24.5 Å². The highest BCUT2D eigenvalue weighted by atomic mass is 19.2. The molecule has 0 N–H and O–H groups in total. The lowest BCUT2D eigenvalue weighted by atomic mass is 9.77. The molecule has 1 fully saturated rings. The number of benzene rings is 2. The fraction of sp³-hybridized carbons (Fsp3) is 0.462. The molecule has 0 aromatic heterocycles. The Bertz CT molecular complexity index is 841. The van der Waals surface area contributed by atoms with Gasteiger partial charge in [0.05, 0.1) is 0 Å². The van der Waals surface area contributed by atoms with E-state index in [1.807, 2.05) is 12.1 Å². The lowest BCUT2D eigenvalue weighted by molar-refractivity contribution is 0.338. The fourth-order valence-corrected chi connectivity index (χ4v) is 4.92. The molecule has 1 saturated carbocycles. The summed E-state index contributed by atoms with van der Waals surface area (Å²) in [5.74, 6) is -0.0135. The van der Waals surface area contributed by atoms with Crippen LogP contribution in [0.4, 0.5) is 8.78 Å². The van der Waals surface area contributed by atoms with Crippen LogP contribution in [0.2, 0.25) is 0 Å². The molecule has 0 nitrogen and oxygen atoms in total. The Morgan fingerprint density at radius 3 is 1.89 bits per heavy atom. The Balaban J connectivity index is 1.51. The maximum Gasteiger partial charge on any atom is 0.162 e. The highest BCUT2D eigenvalue weighted by molar-refractivity contribution is 5.36. The van der Waals surface area contributed by atoms with Crippen molar-refractivity contribution in [1.29, 1.82) is 0 Å². The van der Waals surface area contributed by atoms with Gasteiger partial charge in [-0.25, -0.2) is 8.78 Å². The molecule has 0 radical (unpaired) electrons. The summed E-state index contributed by atoms with van der Waals surface area (Å²) in [6.07, 6.45) is 10.2. The summed E-state index contributed by atoms with van der Waals surface area (Å²) < 4.78 is 29.8. The molecule has 2 aliphatic carbocycles. The van der Waals surface area contributed by atoms with E-state index in [4.69, 9.17) is 0 Å². The van der Waals surface area contributed by atoms with E-state index in [-0.39, 0.29) is 11.8 Å². The van der Waals surface area contributed by atoms with Crippen LogP contribution in [0.1, 0.15) is 85.5 Å². The van der Waals surface area contributed by atoms with Crippen LogP contribution in [0.25, 0.3) is 0 Å². The van der Waals surface area contributed by atoms with Gasteiger partial charge in [-0.2, -0.15) is 0 Å². The molecule has 2 heteroatoms. The maximum atomic E-state index is 14.9. The molecule has 0 heterocycles. The molecule has 0 aliphatic heterocycles. The molecule has 0 bridgehead atoms. The minimum atomic E-state index is -0.625. The van der Waals surface area contributed by atoms with Gasteiger partial charge in [0, 0.05) is 11.8 Å². The zero-order chi connectivity index (χ0) is 19.7. The molecular formula is C26H30F2. The van der Waals surface area contributed by atoms with Crippen LogP contribution in [0.5, 0.6) is 0 Å². The van der Waals surface area contributed by atoms with E-state index in [0.717, 1.165) is 38.5 Å². The van der Waals surface area contributed by atoms with Gasteiger partial charge in [-0.3, -0.25) is 0 Å². The molecule has 0 amide bonds. The van der Waals surface area contributed by atoms with Gasteiger partial charge in [0.25, 0.3) is 0 Å². The van der Waals surface area contributed by atoms with Crippen LogP contribution >= 0.6 is 0 Å². The van der Waals surface area contributed by atoms with Gasteiger partial charge in [-0.1, -0.05) is 73.9 Å². The van der Waals surface area contributed by atoms with Crippen LogP contribution in [-0.2, 0) is 0 Å². The number of allylic oxidation sites excluding steroid dienone is 2. The fourth-order valence-electron chi connectivity index (χ4n) is 4.92. The number of hydrogen-bond acceptors (Lipinski definition) is 0. The van der Waals surface area contributed by atoms with E-state index < -0.39 is 11.6 Å². The number of hydrogen-bond donors (Lipinski definition) is 0. The predicted molar refractivity (Wildman–Crippen MR) is 112 cm³/mol. The van der Waals surface area contributed by atoms with Crippen molar-refractivity contribution in [2.45, 2.75) is 70.1 Å².